The van der Waals surface area contributed by atoms with Crippen molar-refractivity contribution in [3.8, 4) is 5.75 Å². The van der Waals surface area contributed by atoms with Crippen LogP contribution in [-0.4, -0.2) is 62.1 Å². The predicted octanol–water partition coefficient (Wildman–Crippen LogP) is 2.25. The number of carbonyl (C=O) groups excluding carboxylic acids is 3. The summed E-state index contributed by atoms with van der Waals surface area (Å²) in [6.45, 7) is 2.91. The van der Waals surface area contributed by atoms with E-state index in [1.54, 1.807) is 46.2 Å². The van der Waals surface area contributed by atoms with Crippen molar-refractivity contribution < 1.29 is 23.9 Å². The highest BCUT2D eigenvalue weighted by Gasteiger charge is 2.35. The third-order valence-electron chi connectivity index (χ3n) is 5.75. The molecule has 0 radical (unpaired) electrons. The van der Waals surface area contributed by atoms with Crippen LogP contribution in [-0.2, 0) is 25.7 Å². The maximum absolute atomic E-state index is 12.6. The Balaban J connectivity index is 1.27. The summed E-state index contributed by atoms with van der Waals surface area (Å²) in [5.41, 5.74) is 1.64. The number of carbonyl (C=O) groups is 3. The second-order valence-electron chi connectivity index (χ2n) is 8.03. The SMILES string of the molecule is O=C(NCc1ccc(Cl)cc1)[C@@H]1CC(=O)N(c2ccc(OCC(=O)N3CCOCC3)cc2)C1. The van der Waals surface area contributed by atoms with Crippen molar-refractivity contribution in [1.29, 1.82) is 0 Å². The van der Waals surface area contributed by atoms with Crippen LogP contribution in [0, 0.1) is 5.92 Å². The first kappa shape index (κ1) is 23.1. The number of rotatable bonds is 7. The molecular weight excluding hydrogens is 446 g/mol. The maximum atomic E-state index is 12.6. The molecule has 2 saturated heterocycles. The first-order valence-corrected chi connectivity index (χ1v) is 11.3. The molecule has 0 saturated carbocycles. The Morgan fingerprint density at radius 3 is 2.45 bits per heavy atom. The third kappa shape index (κ3) is 6.03. The van der Waals surface area contributed by atoms with Crippen molar-refractivity contribution in [2.24, 2.45) is 5.92 Å². The van der Waals surface area contributed by atoms with E-state index in [4.69, 9.17) is 21.1 Å². The van der Waals surface area contributed by atoms with Crippen LogP contribution < -0.4 is 15.0 Å². The number of ether oxygens (including phenoxy) is 2. The molecule has 2 aromatic carbocycles. The lowest BCUT2D eigenvalue weighted by Crippen LogP contribution is -2.42. The Morgan fingerprint density at radius 2 is 1.76 bits per heavy atom. The largest absolute Gasteiger partial charge is 0.484 e. The lowest BCUT2D eigenvalue weighted by atomic mass is 10.1. The van der Waals surface area contributed by atoms with Crippen LogP contribution in [0.5, 0.6) is 5.75 Å². The number of nitrogens with zero attached hydrogens (tertiary/aromatic N) is 2. The van der Waals surface area contributed by atoms with Gasteiger partial charge in [-0.05, 0) is 42.0 Å². The van der Waals surface area contributed by atoms with Gasteiger partial charge in [0.2, 0.25) is 11.8 Å². The average molecular weight is 472 g/mol. The van der Waals surface area contributed by atoms with Gasteiger partial charge in [0.05, 0.1) is 19.1 Å². The van der Waals surface area contributed by atoms with Crippen molar-refractivity contribution in [3.05, 3.63) is 59.1 Å². The highest BCUT2D eigenvalue weighted by molar-refractivity contribution is 6.30. The smallest absolute Gasteiger partial charge is 0.260 e. The van der Waals surface area contributed by atoms with Crippen LogP contribution in [0.3, 0.4) is 0 Å². The van der Waals surface area contributed by atoms with E-state index in [0.29, 0.717) is 55.9 Å². The molecule has 2 aliphatic rings. The molecule has 2 aromatic rings. The summed E-state index contributed by atoms with van der Waals surface area (Å²) in [4.78, 5) is 40.6. The zero-order chi connectivity index (χ0) is 23.2. The van der Waals surface area contributed by atoms with Gasteiger partial charge in [0, 0.05) is 43.3 Å². The Hall–Kier alpha value is -3.10. The number of amides is 3. The standard InChI is InChI=1S/C24H26ClN3O5/c25-19-3-1-17(2-4-19)14-26-24(31)18-13-22(29)28(15-18)20-5-7-21(8-6-20)33-16-23(30)27-9-11-32-12-10-27/h1-8,18H,9-16H2,(H,26,31)/t18-/m1/s1. The molecule has 3 amide bonds. The number of benzene rings is 2. The fourth-order valence-corrected chi connectivity index (χ4v) is 3.97. The number of hydrogen-bond acceptors (Lipinski definition) is 5. The van der Waals surface area contributed by atoms with Gasteiger partial charge in [-0.15, -0.1) is 0 Å². The van der Waals surface area contributed by atoms with E-state index in [2.05, 4.69) is 5.32 Å². The summed E-state index contributed by atoms with van der Waals surface area (Å²) in [6, 6.07) is 14.2. The number of hydrogen-bond donors (Lipinski definition) is 1. The van der Waals surface area contributed by atoms with Crippen molar-refractivity contribution in [2.75, 3.05) is 44.4 Å². The lowest BCUT2D eigenvalue weighted by Gasteiger charge is -2.26. The molecule has 0 bridgehead atoms. The van der Waals surface area contributed by atoms with Crippen molar-refractivity contribution in [2.45, 2.75) is 13.0 Å². The Kier molecular flexibility index (Phi) is 7.47. The second kappa shape index (κ2) is 10.7. The summed E-state index contributed by atoms with van der Waals surface area (Å²) >= 11 is 5.88. The van der Waals surface area contributed by atoms with Gasteiger partial charge in [0.25, 0.3) is 5.91 Å². The van der Waals surface area contributed by atoms with E-state index in [0.717, 1.165) is 5.56 Å². The zero-order valence-corrected chi connectivity index (χ0v) is 18.9. The minimum Gasteiger partial charge on any atom is -0.484 e. The van der Waals surface area contributed by atoms with Crippen LogP contribution in [0.2, 0.25) is 5.02 Å². The molecule has 33 heavy (non-hydrogen) atoms. The highest BCUT2D eigenvalue weighted by Crippen LogP contribution is 2.27. The van der Waals surface area contributed by atoms with E-state index in [1.807, 2.05) is 12.1 Å². The topological polar surface area (TPSA) is 88.2 Å². The molecule has 1 atom stereocenters. The quantitative estimate of drug-likeness (QED) is 0.669. The number of anilines is 1. The first-order chi connectivity index (χ1) is 16.0. The molecule has 0 spiro atoms. The van der Waals surface area contributed by atoms with Gasteiger partial charge in [-0.3, -0.25) is 14.4 Å². The molecule has 0 aliphatic carbocycles. The Labute approximate surface area is 197 Å². The fraction of sp³-hybridized carbons (Fsp3) is 0.375. The van der Waals surface area contributed by atoms with Crippen LogP contribution in [0.25, 0.3) is 0 Å². The van der Waals surface area contributed by atoms with Crippen LogP contribution in [0.4, 0.5) is 5.69 Å². The van der Waals surface area contributed by atoms with Gasteiger partial charge in [0.1, 0.15) is 5.75 Å². The minimum absolute atomic E-state index is 0.0438. The van der Waals surface area contributed by atoms with Gasteiger partial charge in [-0.1, -0.05) is 23.7 Å². The zero-order valence-electron chi connectivity index (χ0n) is 18.2. The molecule has 2 aliphatic heterocycles. The summed E-state index contributed by atoms with van der Waals surface area (Å²) in [5, 5.41) is 3.53. The van der Waals surface area contributed by atoms with Gasteiger partial charge in [-0.2, -0.15) is 0 Å². The maximum Gasteiger partial charge on any atom is 0.260 e. The average Bonchev–Trinajstić information content (AvgIpc) is 3.24. The number of halogens is 1. The van der Waals surface area contributed by atoms with E-state index in [-0.39, 0.29) is 30.7 Å². The number of morpholine rings is 1. The molecule has 2 fully saturated rings. The third-order valence-corrected chi connectivity index (χ3v) is 6.00. The van der Waals surface area contributed by atoms with Crippen LogP contribution in [0.1, 0.15) is 12.0 Å². The Bertz CT molecular complexity index is 990. The summed E-state index contributed by atoms with van der Waals surface area (Å²) in [6.07, 6.45) is 0.165. The molecule has 1 N–H and O–H groups in total. The molecule has 4 rings (SSSR count). The summed E-state index contributed by atoms with van der Waals surface area (Å²) in [7, 11) is 0. The fourth-order valence-electron chi connectivity index (χ4n) is 3.84. The normalized spacial score (nSPS) is 18.3. The number of nitrogens with one attached hydrogen (secondary N) is 1. The van der Waals surface area contributed by atoms with Crippen LogP contribution in [0.15, 0.2) is 48.5 Å². The monoisotopic (exact) mass is 471 g/mol. The molecular formula is C24H26ClN3O5. The summed E-state index contributed by atoms with van der Waals surface area (Å²) < 4.78 is 10.8. The predicted molar refractivity (Wildman–Crippen MR) is 123 cm³/mol. The van der Waals surface area contributed by atoms with Crippen molar-refractivity contribution in [1.82, 2.24) is 10.2 Å². The molecule has 9 heteroatoms. The molecule has 0 unspecified atom stereocenters. The van der Waals surface area contributed by atoms with Crippen LogP contribution >= 0.6 is 11.6 Å². The minimum atomic E-state index is -0.410. The van der Waals surface area contributed by atoms with E-state index in [9.17, 15) is 14.4 Å². The second-order valence-corrected chi connectivity index (χ2v) is 8.46. The molecule has 2 heterocycles. The van der Waals surface area contributed by atoms with E-state index in [1.165, 1.54) is 0 Å². The highest BCUT2D eigenvalue weighted by atomic mass is 35.5. The molecule has 174 valence electrons. The van der Waals surface area contributed by atoms with Gasteiger partial charge < -0.3 is 24.6 Å². The first-order valence-electron chi connectivity index (χ1n) is 10.9. The molecule has 0 aromatic heterocycles. The van der Waals surface area contributed by atoms with Gasteiger partial charge in [0.15, 0.2) is 6.61 Å². The summed E-state index contributed by atoms with van der Waals surface area (Å²) in [5.74, 6) is -0.194. The molecule has 8 nitrogen and oxygen atoms in total. The van der Waals surface area contributed by atoms with Gasteiger partial charge in [-0.25, -0.2) is 0 Å². The van der Waals surface area contributed by atoms with E-state index >= 15 is 0 Å². The lowest BCUT2D eigenvalue weighted by molar-refractivity contribution is -0.137. The van der Waals surface area contributed by atoms with E-state index < -0.39 is 5.92 Å². The van der Waals surface area contributed by atoms with Crippen molar-refractivity contribution >= 4 is 35.0 Å². The van der Waals surface area contributed by atoms with Gasteiger partial charge >= 0.3 is 0 Å². The van der Waals surface area contributed by atoms with Crippen molar-refractivity contribution in [3.63, 3.8) is 0 Å². The Morgan fingerprint density at radius 1 is 1.06 bits per heavy atom.